The number of hydrogen-bond donors (Lipinski definition) is 1. The van der Waals surface area contributed by atoms with Crippen LogP contribution in [0.25, 0.3) is 0 Å². The van der Waals surface area contributed by atoms with E-state index >= 15 is 0 Å². The van der Waals surface area contributed by atoms with Crippen LogP contribution in [0.2, 0.25) is 0 Å². The fraction of sp³-hybridized carbons (Fsp3) is 0.455. The first-order valence-corrected chi connectivity index (χ1v) is 6.43. The molecular formula is C11H15ClF3NO3S. The van der Waals surface area contributed by atoms with Gasteiger partial charge in [-0.3, -0.25) is 0 Å². The third-order valence-electron chi connectivity index (χ3n) is 2.39. The number of rotatable bonds is 5. The van der Waals surface area contributed by atoms with Gasteiger partial charge in [-0.15, -0.1) is 12.4 Å². The normalized spacial score (nSPS) is 12.5. The second-order valence-corrected chi connectivity index (χ2v) is 5.01. The van der Waals surface area contributed by atoms with Crippen molar-refractivity contribution in [3.8, 4) is 11.5 Å². The van der Waals surface area contributed by atoms with Crippen LogP contribution in [0, 0.1) is 0 Å². The topological polar surface area (TPSA) is 61.5 Å². The van der Waals surface area contributed by atoms with Crippen LogP contribution in [-0.4, -0.2) is 30.5 Å². The van der Waals surface area contributed by atoms with Gasteiger partial charge in [0.1, 0.15) is 11.5 Å². The molecule has 0 heterocycles. The first-order valence-electron chi connectivity index (χ1n) is 5.28. The minimum atomic E-state index is -4.85. The van der Waals surface area contributed by atoms with E-state index in [4.69, 9.17) is 15.2 Å². The molecule has 0 fully saturated rings. The van der Waals surface area contributed by atoms with E-state index in [2.05, 4.69) is 0 Å². The molecular weight excluding hydrogens is 319 g/mol. The Labute approximate surface area is 123 Å². The van der Waals surface area contributed by atoms with Crippen LogP contribution in [0.4, 0.5) is 13.2 Å². The fourth-order valence-corrected chi connectivity index (χ4v) is 2.34. The number of ether oxygens (including phenoxy) is 2. The van der Waals surface area contributed by atoms with E-state index in [0.717, 1.165) is 6.07 Å². The molecule has 0 aromatic heterocycles. The van der Waals surface area contributed by atoms with Crippen LogP contribution in [0.1, 0.15) is 5.56 Å². The Kier molecular flexibility index (Phi) is 7.32. The largest absolute Gasteiger partial charge is 0.496 e. The number of benzene rings is 1. The molecule has 1 unspecified atom stereocenters. The van der Waals surface area contributed by atoms with Gasteiger partial charge in [0, 0.05) is 6.07 Å². The van der Waals surface area contributed by atoms with E-state index in [-0.39, 0.29) is 23.9 Å². The van der Waals surface area contributed by atoms with Crippen molar-refractivity contribution >= 4 is 23.2 Å². The van der Waals surface area contributed by atoms with Crippen LogP contribution in [0.3, 0.4) is 0 Å². The average Bonchev–Trinajstić information content (AvgIpc) is 2.36. The van der Waals surface area contributed by atoms with Crippen molar-refractivity contribution in [2.45, 2.75) is 16.8 Å². The zero-order valence-electron chi connectivity index (χ0n) is 10.8. The van der Waals surface area contributed by atoms with Crippen molar-refractivity contribution in [1.82, 2.24) is 0 Å². The van der Waals surface area contributed by atoms with E-state index < -0.39 is 21.2 Å². The number of nitrogens with two attached hydrogens (primary N) is 1. The van der Waals surface area contributed by atoms with Crippen LogP contribution < -0.4 is 15.2 Å². The molecule has 2 N–H and O–H groups in total. The van der Waals surface area contributed by atoms with Gasteiger partial charge < -0.3 is 15.2 Å². The summed E-state index contributed by atoms with van der Waals surface area (Å²) in [6.45, 7) is 0.307. The minimum Gasteiger partial charge on any atom is -0.496 e. The molecule has 0 aliphatic rings. The molecule has 20 heavy (non-hydrogen) atoms. The second-order valence-electron chi connectivity index (χ2n) is 3.57. The lowest BCUT2D eigenvalue weighted by molar-refractivity contribution is -0.0385. The van der Waals surface area contributed by atoms with Gasteiger partial charge in [0.25, 0.3) is 0 Å². The van der Waals surface area contributed by atoms with Gasteiger partial charge in [0.15, 0.2) is 10.8 Å². The molecule has 0 spiro atoms. The zero-order chi connectivity index (χ0) is 14.6. The molecule has 1 aromatic rings. The maximum atomic E-state index is 12.5. The molecule has 4 nitrogen and oxygen atoms in total. The molecule has 0 saturated heterocycles. The predicted octanol–water partition coefficient (Wildman–Crippen LogP) is 2.25. The van der Waals surface area contributed by atoms with Crippen LogP contribution in [-0.2, 0) is 17.2 Å². The van der Waals surface area contributed by atoms with E-state index in [1.54, 1.807) is 0 Å². The van der Waals surface area contributed by atoms with Gasteiger partial charge >= 0.3 is 5.51 Å². The molecule has 0 amide bonds. The summed E-state index contributed by atoms with van der Waals surface area (Å²) in [7, 11) is -0.638. The Morgan fingerprint density at radius 1 is 1.20 bits per heavy atom. The highest BCUT2D eigenvalue weighted by Crippen LogP contribution is 2.36. The monoisotopic (exact) mass is 333 g/mol. The lowest BCUT2D eigenvalue weighted by Gasteiger charge is -2.15. The molecule has 0 aliphatic heterocycles. The third kappa shape index (κ3) is 4.26. The number of hydrogen-bond acceptors (Lipinski definition) is 4. The van der Waals surface area contributed by atoms with Gasteiger partial charge in [-0.25, -0.2) is 4.21 Å². The van der Waals surface area contributed by atoms with E-state index in [9.17, 15) is 17.4 Å². The van der Waals surface area contributed by atoms with Gasteiger partial charge in [-0.1, -0.05) is 0 Å². The molecule has 0 radical (unpaired) electrons. The standard InChI is InChI=1S/C11H14F3NO3S.ClH/c1-17-8-6-10(19(16)11(12,13)14)9(18-2)5-7(8)3-4-15;/h5-6H,3-4,15H2,1-2H3;1H. The van der Waals surface area contributed by atoms with Crippen molar-refractivity contribution in [3.63, 3.8) is 0 Å². The first-order chi connectivity index (χ1) is 8.85. The van der Waals surface area contributed by atoms with Crippen LogP contribution in [0.5, 0.6) is 11.5 Å². The fourth-order valence-electron chi connectivity index (χ4n) is 1.55. The molecule has 1 aromatic carbocycles. The number of halogens is 4. The summed E-state index contributed by atoms with van der Waals surface area (Å²) in [4.78, 5) is -0.465. The lowest BCUT2D eigenvalue weighted by Crippen LogP contribution is -2.17. The van der Waals surface area contributed by atoms with Crippen LogP contribution >= 0.6 is 12.4 Å². The quantitative estimate of drug-likeness (QED) is 0.898. The Bertz CT molecular complexity index is 483. The Morgan fingerprint density at radius 3 is 2.15 bits per heavy atom. The molecule has 1 rings (SSSR count). The smallest absolute Gasteiger partial charge is 0.475 e. The van der Waals surface area contributed by atoms with Gasteiger partial charge in [0.05, 0.1) is 19.1 Å². The Morgan fingerprint density at radius 2 is 1.75 bits per heavy atom. The van der Waals surface area contributed by atoms with Crippen molar-refractivity contribution in [3.05, 3.63) is 17.7 Å². The summed E-state index contributed by atoms with van der Waals surface area (Å²) in [5, 5.41) is 0. The third-order valence-corrected chi connectivity index (χ3v) is 3.53. The van der Waals surface area contributed by atoms with Crippen molar-refractivity contribution in [1.29, 1.82) is 0 Å². The summed E-state index contributed by atoms with van der Waals surface area (Å²) in [6, 6.07) is 2.44. The van der Waals surface area contributed by atoms with Crippen molar-refractivity contribution < 1.29 is 26.9 Å². The highest BCUT2D eigenvalue weighted by atomic mass is 35.5. The maximum absolute atomic E-state index is 12.5. The maximum Gasteiger partial charge on any atom is 0.475 e. The minimum absolute atomic E-state index is 0. The zero-order valence-corrected chi connectivity index (χ0v) is 12.5. The predicted molar refractivity (Wildman–Crippen MR) is 72.0 cm³/mol. The SMILES string of the molecule is COc1cc(S(=O)C(F)(F)F)c(OC)cc1CCN.Cl. The van der Waals surface area contributed by atoms with Gasteiger partial charge in [-0.2, -0.15) is 13.2 Å². The molecule has 1 atom stereocenters. The second kappa shape index (κ2) is 7.70. The van der Waals surface area contributed by atoms with Crippen molar-refractivity contribution in [2.24, 2.45) is 5.73 Å². The summed E-state index contributed by atoms with van der Waals surface area (Å²) in [6.07, 6.45) is 0.415. The molecule has 0 bridgehead atoms. The van der Waals surface area contributed by atoms with Crippen molar-refractivity contribution in [2.75, 3.05) is 20.8 Å². The van der Waals surface area contributed by atoms with Gasteiger partial charge in [0.2, 0.25) is 0 Å². The van der Waals surface area contributed by atoms with E-state index in [0.29, 0.717) is 18.5 Å². The number of alkyl halides is 3. The Hall–Kier alpha value is -0.990. The summed E-state index contributed by atoms with van der Waals surface area (Å²) in [5.74, 6) is 0.110. The van der Waals surface area contributed by atoms with E-state index in [1.165, 1.54) is 20.3 Å². The molecule has 0 aliphatic carbocycles. The molecule has 9 heteroatoms. The first kappa shape index (κ1) is 19.0. The Balaban J connectivity index is 0.00000361. The molecule has 0 saturated carbocycles. The summed E-state index contributed by atoms with van der Waals surface area (Å²) < 4.78 is 58.8. The highest BCUT2D eigenvalue weighted by molar-refractivity contribution is 7.86. The summed E-state index contributed by atoms with van der Waals surface area (Å²) >= 11 is 0. The lowest BCUT2D eigenvalue weighted by atomic mass is 10.1. The average molecular weight is 334 g/mol. The summed E-state index contributed by atoms with van der Waals surface area (Å²) in [5.41, 5.74) is 1.15. The highest BCUT2D eigenvalue weighted by Gasteiger charge is 2.40. The van der Waals surface area contributed by atoms with Gasteiger partial charge in [-0.05, 0) is 24.6 Å². The molecule has 116 valence electrons. The van der Waals surface area contributed by atoms with Crippen LogP contribution in [0.15, 0.2) is 17.0 Å². The number of methoxy groups -OCH3 is 2. The van der Waals surface area contributed by atoms with E-state index in [1.807, 2.05) is 0 Å².